The van der Waals surface area contributed by atoms with Crippen LogP contribution in [0.5, 0.6) is 0 Å². The highest BCUT2D eigenvalue weighted by Gasteiger charge is 2.19. The van der Waals surface area contributed by atoms with E-state index in [0.29, 0.717) is 23.9 Å². The number of aliphatic hydroxyl groups excluding tert-OH is 1. The average Bonchev–Trinajstić information content (AvgIpc) is 2.95. The zero-order valence-electron chi connectivity index (χ0n) is 20.9. The van der Waals surface area contributed by atoms with Crippen molar-refractivity contribution in [3.05, 3.63) is 66.4 Å². The van der Waals surface area contributed by atoms with Crippen LogP contribution >= 0.6 is 0 Å². The summed E-state index contributed by atoms with van der Waals surface area (Å²) in [6.07, 6.45) is 7.97. The molecule has 0 bridgehead atoms. The van der Waals surface area contributed by atoms with Crippen LogP contribution in [0.2, 0.25) is 0 Å². The van der Waals surface area contributed by atoms with Gasteiger partial charge in [-0.25, -0.2) is 19.9 Å². The molecule has 0 aliphatic carbocycles. The molecule has 0 saturated carbocycles. The molecule has 1 aliphatic heterocycles. The van der Waals surface area contributed by atoms with Crippen LogP contribution in [0.25, 0.3) is 22.2 Å². The summed E-state index contributed by atoms with van der Waals surface area (Å²) in [4.78, 5) is 36.8. The van der Waals surface area contributed by atoms with Gasteiger partial charge in [0.15, 0.2) is 0 Å². The molecular formula is C27H30N8O2. The third kappa shape index (κ3) is 5.34. The predicted molar refractivity (Wildman–Crippen MR) is 143 cm³/mol. The summed E-state index contributed by atoms with van der Waals surface area (Å²) in [6, 6.07) is 9.55. The summed E-state index contributed by atoms with van der Waals surface area (Å²) in [7, 11) is 1.63. The van der Waals surface area contributed by atoms with Gasteiger partial charge in [-0.2, -0.15) is 0 Å². The Labute approximate surface area is 215 Å². The Morgan fingerprint density at radius 1 is 1.11 bits per heavy atom. The van der Waals surface area contributed by atoms with E-state index in [2.05, 4.69) is 47.4 Å². The lowest BCUT2D eigenvalue weighted by Gasteiger charge is -2.29. The maximum Gasteiger partial charge on any atom is 0.251 e. The number of anilines is 2. The van der Waals surface area contributed by atoms with E-state index in [0.717, 1.165) is 53.7 Å². The number of carbonyl (C=O) groups is 1. The molecule has 190 valence electrons. The van der Waals surface area contributed by atoms with Crippen LogP contribution in [-0.2, 0) is 0 Å². The van der Waals surface area contributed by atoms with Crippen molar-refractivity contribution in [1.29, 1.82) is 0 Å². The number of para-hydroxylation sites is 1. The third-order valence-corrected chi connectivity index (χ3v) is 6.74. The van der Waals surface area contributed by atoms with Gasteiger partial charge in [0, 0.05) is 68.2 Å². The van der Waals surface area contributed by atoms with E-state index in [1.165, 1.54) is 6.33 Å². The Bertz CT molecular complexity index is 1390. The van der Waals surface area contributed by atoms with Crippen molar-refractivity contribution in [2.24, 2.45) is 0 Å². The van der Waals surface area contributed by atoms with Crippen molar-refractivity contribution in [3.8, 4) is 11.3 Å². The van der Waals surface area contributed by atoms with Gasteiger partial charge in [0.1, 0.15) is 12.1 Å². The normalized spacial score (nSPS) is 14.9. The molecule has 3 aromatic heterocycles. The summed E-state index contributed by atoms with van der Waals surface area (Å²) in [5.41, 5.74) is 4.02. The molecule has 4 aromatic rings. The molecule has 37 heavy (non-hydrogen) atoms. The smallest absolute Gasteiger partial charge is 0.251 e. The molecular weight excluding hydrogens is 468 g/mol. The standard InChI is InChI=1S/C27H30N8O2/c1-17(20-4-3-5-21-22(26(37)28-2)6-9-29-25(20)21)13-30-24-12-23(33-16-34-24)18-14-31-27(32-15-18)35-10-7-19(36)8-11-35/h3-6,9,12,14-17,19,36H,7-8,10-11,13H2,1-2H3,(H,28,37)(H,30,33,34)/t17-/m1/s1. The predicted octanol–water partition coefficient (Wildman–Crippen LogP) is 3.02. The number of piperidine rings is 1. The number of nitrogens with one attached hydrogen (secondary N) is 2. The van der Waals surface area contributed by atoms with E-state index in [4.69, 9.17) is 0 Å². The molecule has 0 unspecified atom stereocenters. The summed E-state index contributed by atoms with van der Waals surface area (Å²) in [6.45, 7) is 4.24. The van der Waals surface area contributed by atoms with Gasteiger partial charge in [-0.15, -0.1) is 0 Å². The van der Waals surface area contributed by atoms with E-state index < -0.39 is 0 Å². The van der Waals surface area contributed by atoms with Crippen molar-refractivity contribution in [3.63, 3.8) is 0 Å². The second-order valence-corrected chi connectivity index (χ2v) is 9.24. The molecule has 0 spiro atoms. The Balaban J connectivity index is 1.28. The number of amides is 1. The molecule has 1 saturated heterocycles. The number of nitrogens with zero attached hydrogens (tertiary/aromatic N) is 6. The van der Waals surface area contributed by atoms with Crippen LogP contribution in [0, 0.1) is 0 Å². The van der Waals surface area contributed by atoms with Crippen molar-refractivity contribution in [1.82, 2.24) is 30.2 Å². The minimum Gasteiger partial charge on any atom is -0.393 e. The monoisotopic (exact) mass is 498 g/mol. The van der Waals surface area contributed by atoms with Crippen LogP contribution in [0.3, 0.4) is 0 Å². The second kappa shape index (κ2) is 10.8. The first-order valence-electron chi connectivity index (χ1n) is 12.4. The number of aromatic nitrogens is 5. The zero-order valence-corrected chi connectivity index (χ0v) is 20.9. The molecule has 5 rings (SSSR count). The Morgan fingerprint density at radius 2 is 1.89 bits per heavy atom. The van der Waals surface area contributed by atoms with E-state index in [1.807, 2.05) is 24.3 Å². The number of benzene rings is 1. The van der Waals surface area contributed by atoms with Crippen molar-refractivity contribution in [2.75, 3.05) is 36.9 Å². The Morgan fingerprint density at radius 3 is 2.65 bits per heavy atom. The van der Waals surface area contributed by atoms with Gasteiger partial charge in [0.25, 0.3) is 5.91 Å². The number of aliphatic hydroxyl groups is 1. The average molecular weight is 499 g/mol. The van der Waals surface area contributed by atoms with E-state index in [9.17, 15) is 9.90 Å². The molecule has 1 aliphatic rings. The lowest BCUT2D eigenvalue weighted by molar-refractivity contribution is 0.0964. The summed E-state index contributed by atoms with van der Waals surface area (Å²) >= 11 is 0. The fourth-order valence-electron chi connectivity index (χ4n) is 4.59. The van der Waals surface area contributed by atoms with Gasteiger partial charge in [-0.3, -0.25) is 9.78 Å². The van der Waals surface area contributed by atoms with Gasteiger partial charge < -0.3 is 20.6 Å². The number of fused-ring (bicyclic) bond motifs is 1. The molecule has 1 amide bonds. The number of hydrogen-bond acceptors (Lipinski definition) is 9. The van der Waals surface area contributed by atoms with Crippen molar-refractivity contribution < 1.29 is 9.90 Å². The van der Waals surface area contributed by atoms with Crippen LogP contribution in [-0.4, -0.2) is 68.7 Å². The first-order chi connectivity index (χ1) is 18.0. The summed E-state index contributed by atoms with van der Waals surface area (Å²) in [5.74, 6) is 1.35. The molecule has 1 atom stereocenters. The topological polar surface area (TPSA) is 129 Å². The number of carbonyl (C=O) groups excluding carboxylic acids is 1. The van der Waals surface area contributed by atoms with E-state index in [-0.39, 0.29) is 17.9 Å². The summed E-state index contributed by atoms with van der Waals surface area (Å²) < 4.78 is 0. The summed E-state index contributed by atoms with van der Waals surface area (Å²) in [5, 5.41) is 16.6. The van der Waals surface area contributed by atoms with Crippen molar-refractivity contribution in [2.45, 2.75) is 31.8 Å². The highest BCUT2D eigenvalue weighted by molar-refractivity contribution is 6.06. The van der Waals surface area contributed by atoms with Gasteiger partial charge in [-0.05, 0) is 24.5 Å². The number of hydrogen-bond donors (Lipinski definition) is 3. The molecule has 0 radical (unpaired) electrons. The van der Waals surface area contributed by atoms with Gasteiger partial charge in [0.2, 0.25) is 5.95 Å². The Kier molecular flexibility index (Phi) is 7.18. The largest absolute Gasteiger partial charge is 0.393 e. The highest BCUT2D eigenvalue weighted by Crippen LogP contribution is 2.27. The second-order valence-electron chi connectivity index (χ2n) is 9.24. The number of rotatable bonds is 7. The van der Waals surface area contributed by atoms with Crippen LogP contribution < -0.4 is 15.5 Å². The maximum absolute atomic E-state index is 12.3. The SMILES string of the molecule is CNC(=O)c1ccnc2c([C@H](C)CNc3cc(-c4cnc(N5CCC(O)CC5)nc4)ncn3)cccc12. The lowest BCUT2D eigenvalue weighted by atomic mass is 9.96. The zero-order chi connectivity index (χ0) is 25.8. The minimum atomic E-state index is -0.234. The Hall–Kier alpha value is -4.18. The van der Waals surface area contributed by atoms with Gasteiger partial charge >= 0.3 is 0 Å². The lowest BCUT2D eigenvalue weighted by Crippen LogP contribution is -2.36. The quantitative estimate of drug-likeness (QED) is 0.352. The van der Waals surface area contributed by atoms with Crippen molar-refractivity contribution >= 4 is 28.6 Å². The molecule has 10 nitrogen and oxygen atoms in total. The minimum absolute atomic E-state index is 0.111. The first-order valence-corrected chi connectivity index (χ1v) is 12.4. The van der Waals surface area contributed by atoms with Crippen LogP contribution in [0.15, 0.2) is 55.2 Å². The fourth-order valence-corrected chi connectivity index (χ4v) is 4.59. The highest BCUT2D eigenvalue weighted by atomic mass is 16.3. The maximum atomic E-state index is 12.3. The van der Waals surface area contributed by atoms with Crippen LogP contribution in [0.4, 0.5) is 11.8 Å². The van der Waals surface area contributed by atoms with Gasteiger partial charge in [0.05, 0.1) is 22.9 Å². The third-order valence-electron chi connectivity index (χ3n) is 6.74. The van der Waals surface area contributed by atoms with Crippen LogP contribution in [0.1, 0.15) is 41.6 Å². The molecule has 1 fully saturated rings. The molecule has 3 N–H and O–H groups in total. The number of pyridine rings is 1. The molecule has 1 aromatic carbocycles. The van der Waals surface area contributed by atoms with E-state index in [1.54, 1.807) is 31.7 Å². The molecule has 4 heterocycles. The van der Waals surface area contributed by atoms with E-state index >= 15 is 0 Å². The molecule has 10 heteroatoms. The fraction of sp³-hybridized carbons (Fsp3) is 0.333. The first kappa shape index (κ1) is 24.5. The van der Waals surface area contributed by atoms with Gasteiger partial charge in [-0.1, -0.05) is 25.1 Å².